The Morgan fingerprint density at radius 3 is 2.92 bits per heavy atom. The lowest BCUT2D eigenvalue weighted by atomic mass is 10.2. The van der Waals surface area contributed by atoms with Gasteiger partial charge in [-0.2, -0.15) is 0 Å². The SMILES string of the molecule is O=c1c2ccccc2nnn1[O-]. The highest BCUT2D eigenvalue weighted by Gasteiger charge is 1.97. The van der Waals surface area contributed by atoms with E-state index in [0.717, 1.165) is 0 Å². The van der Waals surface area contributed by atoms with E-state index in [1.165, 1.54) is 0 Å². The molecule has 2 rings (SSSR count). The zero-order valence-electron chi connectivity index (χ0n) is 5.97. The summed E-state index contributed by atoms with van der Waals surface area (Å²) in [7, 11) is 0. The average Bonchev–Trinajstić information content (AvgIpc) is 2.12. The molecule has 1 aromatic heterocycles. The number of benzene rings is 1. The van der Waals surface area contributed by atoms with Crippen molar-refractivity contribution in [2.24, 2.45) is 0 Å². The van der Waals surface area contributed by atoms with Gasteiger partial charge in [-0.05, 0) is 12.1 Å². The van der Waals surface area contributed by atoms with Gasteiger partial charge in [0.1, 0.15) is 5.52 Å². The minimum Gasteiger partial charge on any atom is -0.787 e. The summed E-state index contributed by atoms with van der Waals surface area (Å²) in [5.74, 6) is 0. The summed E-state index contributed by atoms with van der Waals surface area (Å²) in [6, 6.07) is 6.57. The van der Waals surface area contributed by atoms with Gasteiger partial charge in [0, 0.05) is 0 Å². The van der Waals surface area contributed by atoms with E-state index in [-0.39, 0.29) is 4.85 Å². The largest absolute Gasteiger partial charge is 0.787 e. The molecule has 0 bridgehead atoms. The van der Waals surface area contributed by atoms with E-state index in [4.69, 9.17) is 0 Å². The van der Waals surface area contributed by atoms with Crippen molar-refractivity contribution in [3.8, 4) is 0 Å². The lowest BCUT2D eigenvalue weighted by molar-refractivity contribution is 0.740. The number of hydrogen-bond acceptors (Lipinski definition) is 4. The van der Waals surface area contributed by atoms with Crippen LogP contribution in [0.1, 0.15) is 0 Å². The minimum absolute atomic E-state index is 0.0255. The minimum atomic E-state index is -0.666. The lowest BCUT2D eigenvalue weighted by Gasteiger charge is -2.04. The van der Waals surface area contributed by atoms with Crippen molar-refractivity contribution < 1.29 is 0 Å². The molecule has 60 valence electrons. The highest BCUT2D eigenvalue weighted by molar-refractivity contribution is 5.76. The molecule has 1 heterocycles. The van der Waals surface area contributed by atoms with E-state index in [9.17, 15) is 10.0 Å². The van der Waals surface area contributed by atoms with Crippen molar-refractivity contribution in [1.82, 2.24) is 15.2 Å². The number of rotatable bonds is 0. The van der Waals surface area contributed by atoms with Crippen LogP contribution in [0.25, 0.3) is 10.9 Å². The Hall–Kier alpha value is -1.91. The predicted octanol–water partition coefficient (Wildman–Crippen LogP) is 0.137. The molecule has 0 spiro atoms. The second-order valence-electron chi connectivity index (χ2n) is 2.28. The fraction of sp³-hybridized carbons (Fsp3) is 0. The summed E-state index contributed by atoms with van der Waals surface area (Å²) in [6.07, 6.45) is 0. The Labute approximate surface area is 66.8 Å². The predicted molar refractivity (Wildman–Crippen MR) is 42.6 cm³/mol. The lowest BCUT2D eigenvalue weighted by Crippen LogP contribution is -2.19. The topological polar surface area (TPSA) is 70.8 Å². The Morgan fingerprint density at radius 2 is 2.08 bits per heavy atom. The normalized spacial score (nSPS) is 10.3. The molecule has 0 amide bonds. The molecule has 0 aliphatic carbocycles. The summed E-state index contributed by atoms with van der Waals surface area (Å²) in [6.45, 7) is 0. The number of nitrogens with zero attached hydrogens (tertiary/aromatic N) is 3. The van der Waals surface area contributed by atoms with E-state index < -0.39 is 5.56 Å². The summed E-state index contributed by atoms with van der Waals surface area (Å²) < 4.78 is 0. The molecule has 0 atom stereocenters. The quantitative estimate of drug-likeness (QED) is 0.552. The zero-order chi connectivity index (χ0) is 8.55. The summed E-state index contributed by atoms with van der Waals surface area (Å²) in [5, 5.41) is 17.6. The third kappa shape index (κ3) is 0.833. The van der Waals surface area contributed by atoms with Gasteiger partial charge in [-0.25, -0.2) is 4.85 Å². The Bertz CT molecular complexity index is 477. The molecular weight excluding hydrogens is 158 g/mol. The van der Waals surface area contributed by atoms with Crippen LogP contribution in [0.5, 0.6) is 0 Å². The van der Waals surface area contributed by atoms with Gasteiger partial charge in [0.05, 0.1) is 5.39 Å². The van der Waals surface area contributed by atoms with Gasteiger partial charge in [-0.3, -0.25) is 4.79 Å². The van der Waals surface area contributed by atoms with Gasteiger partial charge in [0.2, 0.25) is 0 Å². The molecule has 0 fully saturated rings. The summed E-state index contributed by atoms with van der Waals surface area (Å²) in [4.78, 5) is 11.1. The van der Waals surface area contributed by atoms with Crippen molar-refractivity contribution in [2.45, 2.75) is 0 Å². The first kappa shape index (κ1) is 6.78. The van der Waals surface area contributed by atoms with Crippen LogP contribution in [0.4, 0.5) is 0 Å². The van der Waals surface area contributed by atoms with E-state index in [1.54, 1.807) is 24.3 Å². The smallest absolute Gasteiger partial charge is 0.273 e. The summed E-state index contributed by atoms with van der Waals surface area (Å²) >= 11 is 0. The standard InChI is InChI=1S/C7H4N3O2/c11-7-5-3-1-2-4-6(5)8-9-10(7)12/h1-4H/q-1. The highest BCUT2D eigenvalue weighted by atomic mass is 16.5. The fourth-order valence-corrected chi connectivity index (χ4v) is 0.974. The van der Waals surface area contributed by atoms with E-state index in [2.05, 4.69) is 10.3 Å². The van der Waals surface area contributed by atoms with Crippen LogP contribution in [0.2, 0.25) is 0 Å². The van der Waals surface area contributed by atoms with Gasteiger partial charge in [-0.1, -0.05) is 17.3 Å². The van der Waals surface area contributed by atoms with E-state index in [0.29, 0.717) is 10.9 Å². The van der Waals surface area contributed by atoms with Crippen LogP contribution in [0, 0.1) is 5.21 Å². The van der Waals surface area contributed by atoms with Gasteiger partial charge in [0.25, 0.3) is 5.56 Å². The van der Waals surface area contributed by atoms with Crippen LogP contribution < -0.4 is 5.56 Å². The maximum atomic E-state index is 11.1. The highest BCUT2D eigenvalue weighted by Crippen LogP contribution is 2.02. The maximum absolute atomic E-state index is 11.1. The Balaban J connectivity index is 3.01. The van der Waals surface area contributed by atoms with Crippen LogP contribution in [0.3, 0.4) is 0 Å². The molecule has 5 nitrogen and oxygen atoms in total. The molecule has 5 heteroatoms. The fourth-order valence-electron chi connectivity index (χ4n) is 0.974. The molecule has 12 heavy (non-hydrogen) atoms. The van der Waals surface area contributed by atoms with Crippen LogP contribution >= 0.6 is 0 Å². The van der Waals surface area contributed by atoms with Gasteiger partial charge < -0.3 is 5.21 Å². The second-order valence-corrected chi connectivity index (χ2v) is 2.28. The molecule has 2 aromatic rings. The molecule has 0 saturated heterocycles. The number of aromatic nitrogens is 3. The first-order valence-corrected chi connectivity index (χ1v) is 3.31. The van der Waals surface area contributed by atoms with Crippen molar-refractivity contribution in [1.29, 1.82) is 0 Å². The molecule has 0 aliphatic heterocycles. The maximum Gasteiger partial charge on any atom is 0.273 e. The van der Waals surface area contributed by atoms with Crippen molar-refractivity contribution in [3.63, 3.8) is 0 Å². The van der Waals surface area contributed by atoms with Crippen LogP contribution in [-0.2, 0) is 0 Å². The Morgan fingerprint density at radius 1 is 1.33 bits per heavy atom. The zero-order valence-corrected chi connectivity index (χ0v) is 5.97. The van der Waals surface area contributed by atoms with Gasteiger partial charge >= 0.3 is 0 Å². The van der Waals surface area contributed by atoms with Gasteiger partial charge in [0.15, 0.2) is 0 Å². The molecule has 0 unspecified atom stereocenters. The molecule has 0 saturated carbocycles. The number of hydrogen-bond donors (Lipinski definition) is 0. The second kappa shape index (κ2) is 2.30. The van der Waals surface area contributed by atoms with Crippen molar-refractivity contribution in [2.75, 3.05) is 0 Å². The van der Waals surface area contributed by atoms with Crippen molar-refractivity contribution in [3.05, 3.63) is 39.8 Å². The molecule has 1 aromatic carbocycles. The molecule has 0 radical (unpaired) electrons. The third-order valence-electron chi connectivity index (χ3n) is 1.54. The Kier molecular flexibility index (Phi) is 1.30. The molecular formula is C7H4N3O2-. The first-order valence-electron chi connectivity index (χ1n) is 3.31. The summed E-state index contributed by atoms with van der Waals surface area (Å²) in [5.41, 5.74) is -0.227. The van der Waals surface area contributed by atoms with Crippen molar-refractivity contribution >= 4 is 10.9 Å². The number of fused-ring (bicyclic) bond motifs is 1. The monoisotopic (exact) mass is 162 g/mol. The van der Waals surface area contributed by atoms with Gasteiger partial charge in [-0.15, -0.1) is 5.10 Å². The first-order chi connectivity index (χ1) is 5.79. The molecule has 0 aliphatic rings. The average molecular weight is 162 g/mol. The van der Waals surface area contributed by atoms with E-state index >= 15 is 0 Å². The van der Waals surface area contributed by atoms with E-state index in [1.807, 2.05) is 0 Å². The molecule has 0 N–H and O–H groups in total. The van der Waals surface area contributed by atoms with Crippen LogP contribution in [0.15, 0.2) is 29.1 Å². The van der Waals surface area contributed by atoms with Crippen LogP contribution in [-0.4, -0.2) is 15.2 Å². The third-order valence-corrected chi connectivity index (χ3v) is 1.54.